The molecule has 0 spiro atoms. The van der Waals surface area contributed by atoms with E-state index in [1.54, 1.807) is 0 Å². The van der Waals surface area contributed by atoms with Gasteiger partial charge in [0.1, 0.15) is 6.04 Å². The molecule has 0 radical (unpaired) electrons. The Labute approximate surface area is 84.9 Å². The van der Waals surface area contributed by atoms with E-state index >= 15 is 0 Å². The summed E-state index contributed by atoms with van der Waals surface area (Å²) in [7, 11) is 0. The van der Waals surface area contributed by atoms with Crippen LogP contribution in [-0.4, -0.2) is 28.6 Å². The molecule has 0 heterocycles. The normalized spacial score (nSPS) is 14.4. The van der Waals surface area contributed by atoms with Crippen molar-refractivity contribution >= 4 is 40.9 Å². The molecule has 0 amide bonds. The van der Waals surface area contributed by atoms with E-state index < -0.39 is 12.0 Å². The van der Waals surface area contributed by atoms with Gasteiger partial charge in [0.2, 0.25) is 0 Å². The lowest BCUT2D eigenvalue weighted by atomic mass is 10.4. The van der Waals surface area contributed by atoms with Crippen LogP contribution in [0.3, 0.4) is 0 Å². The minimum Gasteiger partial charge on any atom is -0.480 e. The van der Waals surface area contributed by atoms with Gasteiger partial charge >= 0.3 is 5.97 Å². The number of rotatable bonds is 5. The first-order chi connectivity index (χ1) is 5.57. The van der Waals surface area contributed by atoms with Gasteiger partial charge in [-0.2, -0.15) is 11.8 Å². The molecule has 0 bridgehead atoms. The van der Waals surface area contributed by atoms with E-state index in [0.717, 1.165) is 0 Å². The van der Waals surface area contributed by atoms with Crippen molar-refractivity contribution in [1.29, 1.82) is 0 Å². The average molecular weight is 230 g/mol. The van der Waals surface area contributed by atoms with Crippen molar-refractivity contribution in [3.8, 4) is 0 Å². The van der Waals surface area contributed by atoms with Gasteiger partial charge in [-0.15, -0.1) is 0 Å². The number of carboxylic acids is 1. The van der Waals surface area contributed by atoms with Crippen LogP contribution in [0.1, 0.15) is 0 Å². The summed E-state index contributed by atoms with van der Waals surface area (Å²) in [6.45, 7) is 0. The number of carboxylic acid groups (broad SMARTS) is 1. The molecule has 1 unspecified atom stereocenters. The highest BCUT2D eigenvalue weighted by Crippen LogP contribution is 2.12. The number of hydrogen-bond acceptors (Lipinski definition) is 3. The lowest BCUT2D eigenvalue weighted by molar-refractivity contribution is -0.137. The molecule has 0 aromatic heterocycles. The monoisotopic (exact) mass is 229 g/mol. The SMILES string of the molecule is NC(CSCC(Cl)=CCl)C(=O)O. The van der Waals surface area contributed by atoms with Gasteiger partial charge in [-0.3, -0.25) is 4.79 Å². The molecule has 3 N–H and O–H groups in total. The third-order valence-corrected chi connectivity index (χ3v) is 2.86. The van der Waals surface area contributed by atoms with E-state index in [-0.39, 0.29) is 0 Å². The van der Waals surface area contributed by atoms with Crippen LogP contribution < -0.4 is 5.73 Å². The van der Waals surface area contributed by atoms with Crippen molar-refractivity contribution in [3.63, 3.8) is 0 Å². The summed E-state index contributed by atoms with van der Waals surface area (Å²) in [5, 5.41) is 8.88. The maximum atomic E-state index is 10.2. The van der Waals surface area contributed by atoms with Gasteiger partial charge in [-0.1, -0.05) is 23.2 Å². The fourth-order valence-corrected chi connectivity index (χ4v) is 1.58. The second kappa shape index (κ2) is 6.60. The van der Waals surface area contributed by atoms with Gasteiger partial charge in [0.05, 0.1) is 0 Å². The summed E-state index contributed by atoms with van der Waals surface area (Å²) in [4.78, 5) is 10.2. The predicted octanol–water partition coefficient (Wildman–Crippen LogP) is 1.45. The maximum absolute atomic E-state index is 10.2. The highest BCUT2D eigenvalue weighted by Gasteiger charge is 2.10. The minimum atomic E-state index is -1.01. The zero-order valence-electron chi connectivity index (χ0n) is 6.17. The zero-order valence-corrected chi connectivity index (χ0v) is 8.49. The molecule has 1 atom stereocenters. The molecule has 12 heavy (non-hydrogen) atoms. The molecule has 0 rings (SSSR count). The number of aliphatic carboxylic acids is 1. The Hall–Kier alpha value is 0.1000. The van der Waals surface area contributed by atoms with Gasteiger partial charge in [0, 0.05) is 22.1 Å². The van der Waals surface area contributed by atoms with Crippen LogP contribution in [0.4, 0.5) is 0 Å². The summed E-state index contributed by atoms with van der Waals surface area (Å²) in [5.74, 6) is -0.184. The Bertz CT molecular complexity index is 186. The van der Waals surface area contributed by atoms with E-state index in [4.69, 9.17) is 34.0 Å². The Morgan fingerprint density at radius 3 is 2.75 bits per heavy atom. The molecule has 0 aliphatic carbocycles. The van der Waals surface area contributed by atoms with Crippen molar-refractivity contribution in [1.82, 2.24) is 0 Å². The summed E-state index contributed by atoms with van der Waals surface area (Å²) in [6.07, 6.45) is 0. The van der Waals surface area contributed by atoms with E-state index in [1.165, 1.54) is 17.3 Å². The molecule has 6 heteroatoms. The Balaban J connectivity index is 3.50. The average Bonchev–Trinajstić information content (AvgIpc) is 2.03. The molecule has 70 valence electrons. The summed E-state index contributed by atoms with van der Waals surface area (Å²) < 4.78 is 0. The first-order valence-electron chi connectivity index (χ1n) is 3.08. The Kier molecular flexibility index (Phi) is 6.65. The van der Waals surface area contributed by atoms with E-state index in [0.29, 0.717) is 16.5 Å². The first kappa shape index (κ1) is 12.1. The number of nitrogens with two attached hydrogens (primary N) is 1. The van der Waals surface area contributed by atoms with Crippen LogP contribution in [0, 0.1) is 0 Å². The molecule has 0 saturated carbocycles. The molecule has 0 aliphatic rings. The van der Waals surface area contributed by atoms with Crippen molar-refractivity contribution in [2.24, 2.45) is 5.73 Å². The fourth-order valence-electron chi connectivity index (χ4n) is 0.386. The van der Waals surface area contributed by atoms with E-state index in [1.807, 2.05) is 0 Å². The summed E-state index contributed by atoms with van der Waals surface area (Å²) >= 11 is 12.2. The van der Waals surface area contributed by atoms with Crippen molar-refractivity contribution in [2.75, 3.05) is 11.5 Å². The third kappa shape index (κ3) is 5.71. The molecule has 0 aromatic rings. The van der Waals surface area contributed by atoms with Gasteiger partial charge in [0.25, 0.3) is 0 Å². The quantitative estimate of drug-likeness (QED) is 0.750. The fraction of sp³-hybridized carbons (Fsp3) is 0.500. The topological polar surface area (TPSA) is 63.3 Å². The Morgan fingerprint density at radius 1 is 1.75 bits per heavy atom. The van der Waals surface area contributed by atoms with Crippen molar-refractivity contribution in [2.45, 2.75) is 6.04 Å². The second-order valence-electron chi connectivity index (χ2n) is 2.02. The van der Waals surface area contributed by atoms with Crippen LogP contribution in [0.5, 0.6) is 0 Å². The van der Waals surface area contributed by atoms with Gasteiger partial charge in [0.15, 0.2) is 0 Å². The van der Waals surface area contributed by atoms with Gasteiger partial charge < -0.3 is 10.8 Å². The summed E-state index contributed by atoms with van der Waals surface area (Å²) in [5.41, 5.74) is 6.48. The lowest BCUT2D eigenvalue weighted by Gasteiger charge is -2.04. The highest BCUT2D eigenvalue weighted by molar-refractivity contribution is 7.99. The first-order valence-corrected chi connectivity index (χ1v) is 5.05. The van der Waals surface area contributed by atoms with Gasteiger partial charge in [-0.05, 0) is 0 Å². The van der Waals surface area contributed by atoms with E-state index in [2.05, 4.69) is 0 Å². The maximum Gasteiger partial charge on any atom is 0.321 e. The molecular formula is C6H9Cl2NO2S. The van der Waals surface area contributed by atoms with Crippen molar-refractivity contribution in [3.05, 3.63) is 10.6 Å². The smallest absolute Gasteiger partial charge is 0.321 e. The van der Waals surface area contributed by atoms with Crippen LogP contribution in [0.2, 0.25) is 0 Å². The second-order valence-corrected chi connectivity index (χ2v) is 3.75. The number of hydrogen-bond donors (Lipinski definition) is 2. The van der Waals surface area contributed by atoms with Crippen LogP contribution in [0.25, 0.3) is 0 Å². The third-order valence-electron chi connectivity index (χ3n) is 0.973. The number of halogens is 2. The van der Waals surface area contributed by atoms with Gasteiger partial charge in [-0.25, -0.2) is 0 Å². The van der Waals surface area contributed by atoms with Crippen LogP contribution in [0.15, 0.2) is 10.6 Å². The Morgan fingerprint density at radius 2 is 2.33 bits per heavy atom. The molecular weight excluding hydrogens is 221 g/mol. The largest absolute Gasteiger partial charge is 0.480 e. The molecule has 0 aliphatic heterocycles. The van der Waals surface area contributed by atoms with E-state index in [9.17, 15) is 4.79 Å². The van der Waals surface area contributed by atoms with Crippen LogP contribution >= 0.6 is 35.0 Å². The predicted molar refractivity (Wildman–Crippen MR) is 52.7 cm³/mol. The minimum absolute atomic E-state index is 0.330. The summed E-state index contributed by atoms with van der Waals surface area (Å²) in [6, 6.07) is -0.838. The molecule has 0 aromatic carbocycles. The van der Waals surface area contributed by atoms with Crippen LogP contribution in [-0.2, 0) is 4.79 Å². The number of carbonyl (C=O) groups is 1. The lowest BCUT2D eigenvalue weighted by Crippen LogP contribution is -2.32. The molecule has 3 nitrogen and oxygen atoms in total. The zero-order chi connectivity index (χ0) is 9.56. The van der Waals surface area contributed by atoms with Crippen molar-refractivity contribution < 1.29 is 9.90 Å². The molecule has 0 fully saturated rings. The molecule has 0 saturated heterocycles. The highest BCUT2D eigenvalue weighted by atomic mass is 35.5. The number of thioether (sulfide) groups is 1. The standard InChI is InChI=1S/C6H9Cl2NO2S/c7-1-4(8)2-12-3-5(9)6(10)11/h1,5H,2-3,9H2,(H,10,11).